The average molecular weight is 278 g/mol. The summed E-state index contributed by atoms with van der Waals surface area (Å²) < 4.78 is 5.64. The van der Waals surface area contributed by atoms with Crippen LogP contribution in [0.1, 0.15) is 5.56 Å². The number of pyridine rings is 1. The van der Waals surface area contributed by atoms with Gasteiger partial charge in [-0.25, -0.2) is 0 Å². The quantitative estimate of drug-likeness (QED) is 0.702. The molecule has 1 aromatic heterocycles. The zero-order valence-electron chi connectivity index (χ0n) is 11.8. The van der Waals surface area contributed by atoms with Gasteiger partial charge in [0.25, 0.3) is 0 Å². The van der Waals surface area contributed by atoms with Crippen LogP contribution in [0.5, 0.6) is 5.75 Å². The van der Waals surface area contributed by atoms with E-state index in [9.17, 15) is 0 Å². The first-order valence-corrected chi connectivity index (χ1v) is 7.14. The molecule has 0 atom stereocenters. The number of para-hydroxylation sites is 1. The van der Waals surface area contributed by atoms with Crippen LogP contribution in [0.15, 0.2) is 66.9 Å². The molecule has 0 saturated heterocycles. The Bertz CT molecular complexity index is 698. The van der Waals surface area contributed by atoms with E-state index in [1.165, 1.54) is 10.9 Å². The van der Waals surface area contributed by atoms with Crippen LogP contribution >= 0.6 is 0 Å². The summed E-state index contributed by atoms with van der Waals surface area (Å²) in [5, 5.41) is 4.57. The van der Waals surface area contributed by atoms with Crippen LogP contribution < -0.4 is 10.1 Å². The van der Waals surface area contributed by atoms with E-state index < -0.39 is 0 Å². The molecule has 1 N–H and O–H groups in total. The van der Waals surface area contributed by atoms with Crippen molar-refractivity contribution in [3.05, 3.63) is 72.4 Å². The van der Waals surface area contributed by atoms with Crippen molar-refractivity contribution >= 4 is 10.9 Å². The van der Waals surface area contributed by atoms with E-state index in [1.54, 1.807) is 0 Å². The maximum absolute atomic E-state index is 5.64. The zero-order chi connectivity index (χ0) is 14.3. The Labute approximate surface area is 124 Å². The van der Waals surface area contributed by atoms with Gasteiger partial charge in [0.1, 0.15) is 12.4 Å². The van der Waals surface area contributed by atoms with Crippen molar-refractivity contribution in [1.82, 2.24) is 10.3 Å². The predicted molar refractivity (Wildman–Crippen MR) is 85.4 cm³/mol. The van der Waals surface area contributed by atoms with Gasteiger partial charge in [-0.15, -0.1) is 0 Å². The number of fused-ring (bicyclic) bond motifs is 1. The SMILES string of the molecule is c1ccc(OCCNCc2ccc3ncccc3c2)cc1. The van der Waals surface area contributed by atoms with Crippen molar-refractivity contribution in [2.45, 2.75) is 6.54 Å². The minimum atomic E-state index is 0.666. The zero-order valence-corrected chi connectivity index (χ0v) is 11.8. The summed E-state index contributed by atoms with van der Waals surface area (Å²) in [6.45, 7) is 2.32. The van der Waals surface area contributed by atoms with Crippen molar-refractivity contribution < 1.29 is 4.74 Å². The Balaban J connectivity index is 1.46. The molecule has 0 aliphatic heterocycles. The van der Waals surface area contributed by atoms with Gasteiger partial charge >= 0.3 is 0 Å². The second-order valence-corrected chi connectivity index (χ2v) is 4.87. The monoisotopic (exact) mass is 278 g/mol. The van der Waals surface area contributed by atoms with Crippen LogP contribution in [0, 0.1) is 0 Å². The van der Waals surface area contributed by atoms with Crippen molar-refractivity contribution in [3.8, 4) is 5.75 Å². The molecule has 0 radical (unpaired) electrons. The van der Waals surface area contributed by atoms with Crippen LogP contribution in [0.3, 0.4) is 0 Å². The Morgan fingerprint density at radius 1 is 0.952 bits per heavy atom. The molecule has 0 aliphatic rings. The highest BCUT2D eigenvalue weighted by Gasteiger charge is 1.97. The lowest BCUT2D eigenvalue weighted by atomic mass is 10.1. The molecule has 0 unspecified atom stereocenters. The molecule has 0 fully saturated rings. The van der Waals surface area contributed by atoms with Crippen molar-refractivity contribution in [2.75, 3.05) is 13.2 Å². The molecule has 3 rings (SSSR count). The molecule has 0 saturated carbocycles. The number of nitrogens with zero attached hydrogens (tertiary/aromatic N) is 1. The number of rotatable bonds is 6. The first-order chi connectivity index (χ1) is 10.4. The van der Waals surface area contributed by atoms with E-state index >= 15 is 0 Å². The van der Waals surface area contributed by atoms with E-state index in [-0.39, 0.29) is 0 Å². The Morgan fingerprint density at radius 3 is 2.76 bits per heavy atom. The summed E-state index contributed by atoms with van der Waals surface area (Å²) in [4.78, 5) is 4.33. The lowest BCUT2D eigenvalue weighted by Crippen LogP contribution is -2.20. The summed E-state index contributed by atoms with van der Waals surface area (Å²) in [6.07, 6.45) is 1.82. The highest BCUT2D eigenvalue weighted by atomic mass is 16.5. The predicted octanol–water partition coefficient (Wildman–Crippen LogP) is 3.40. The maximum atomic E-state index is 5.64. The largest absolute Gasteiger partial charge is 0.492 e. The summed E-state index contributed by atoms with van der Waals surface area (Å²) in [7, 11) is 0. The van der Waals surface area contributed by atoms with Crippen molar-refractivity contribution in [1.29, 1.82) is 0 Å². The first kappa shape index (κ1) is 13.6. The molecule has 1 heterocycles. The molecule has 0 spiro atoms. The highest BCUT2D eigenvalue weighted by Crippen LogP contribution is 2.13. The topological polar surface area (TPSA) is 34.1 Å². The Hall–Kier alpha value is -2.39. The van der Waals surface area contributed by atoms with E-state index in [0.717, 1.165) is 24.4 Å². The lowest BCUT2D eigenvalue weighted by Gasteiger charge is -2.08. The minimum absolute atomic E-state index is 0.666. The first-order valence-electron chi connectivity index (χ1n) is 7.14. The number of ether oxygens (including phenoxy) is 1. The maximum Gasteiger partial charge on any atom is 0.119 e. The molecular weight excluding hydrogens is 260 g/mol. The number of nitrogens with one attached hydrogen (secondary N) is 1. The number of aromatic nitrogens is 1. The molecule has 21 heavy (non-hydrogen) atoms. The van der Waals surface area contributed by atoms with E-state index in [1.807, 2.05) is 42.6 Å². The number of hydrogen-bond donors (Lipinski definition) is 1. The molecule has 0 aliphatic carbocycles. The van der Waals surface area contributed by atoms with Gasteiger partial charge < -0.3 is 10.1 Å². The molecular formula is C18H18N2O. The third-order valence-corrected chi connectivity index (χ3v) is 3.29. The van der Waals surface area contributed by atoms with Crippen LogP contribution in [0.2, 0.25) is 0 Å². The Kier molecular flexibility index (Phi) is 4.44. The van der Waals surface area contributed by atoms with Gasteiger partial charge in [-0.05, 0) is 35.9 Å². The molecule has 2 aromatic carbocycles. The fourth-order valence-electron chi connectivity index (χ4n) is 2.23. The third-order valence-electron chi connectivity index (χ3n) is 3.29. The summed E-state index contributed by atoms with van der Waals surface area (Å²) in [5.41, 5.74) is 2.30. The van der Waals surface area contributed by atoms with Crippen molar-refractivity contribution in [3.63, 3.8) is 0 Å². The van der Waals surface area contributed by atoms with Crippen LogP contribution in [-0.4, -0.2) is 18.1 Å². The van der Waals surface area contributed by atoms with E-state index in [2.05, 4.69) is 34.6 Å². The minimum Gasteiger partial charge on any atom is -0.492 e. The third kappa shape index (κ3) is 3.80. The van der Waals surface area contributed by atoms with Crippen molar-refractivity contribution in [2.24, 2.45) is 0 Å². The van der Waals surface area contributed by atoms with Gasteiger partial charge in [-0.3, -0.25) is 4.98 Å². The van der Waals surface area contributed by atoms with Gasteiger partial charge in [0.15, 0.2) is 0 Å². The van der Waals surface area contributed by atoms with Gasteiger partial charge in [0, 0.05) is 24.7 Å². The molecule has 0 amide bonds. The molecule has 3 aromatic rings. The second kappa shape index (κ2) is 6.86. The van der Waals surface area contributed by atoms with Gasteiger partial charge in [0.2, 0.25) is 0 Å². The number of hydrogen-bond acceptors (Lipinski definition) is 3. The van der Waals surface area contributed by atoms with Gasteiger partial charge in [-0.2, -0.15) is 0 Å². The Morgan fingerprint density at radius 2 is 1.86 bits per heavy atom. The summed E-state index contributed by atoms with van der Waals surface area (Å²) >= 11 is 0. The summed E-state index contributed by atoms with van der Waals surface area (Å²) in [6, 6.07) is 20.3. The normalized spacial score (nSPS) is 10.7. The second-order valence-electron chi connectivity index (χ2n) is 4.87. The summed E-state index contributed by atoms with van der Waals surface area (Å²) in [5.74, 6) is 0.913. The molecule has 3 heteroatoms. The van der Waals surface area contributed by atoms with E-state index in [4.69, 9.17) is 4.74 Å². The van der Waals surface area contributed by atoms with Crippen LogP contribution in [0.4, 0.5) is 0 Å². The van der Waals surface area contributed by atoms with Crippen LogP contribution in [0.25, 0.3) is 10.9 Å². The van der Waals surface area contributed by atoms with Gasteiger partial charge in [-0.1, -0.05) is 30.3 Å². The standard InChI is InChI=1S/C18H18N2O/c1-2-6-17(7-3-1)21-12-11-19-14-15-8-9-18-16(13-15)5-4-10-20-18/h1-10,13,19H,11-12,14H2. The molecule has 0 bridgehead atoms. The highest BCUT2D eigenvalue weighted by molar-refractivity contribution is 5.78. The van der Waals surface area contributed by atoms with Gasteiger partial charge in [0.05, 0.1) is 5.52 Å². The number of benzene rings is 2. The molecule has 3 nitrogen and oxygen atoms in total. The average Bonchev–Trinajstić information content (AvgIpc) is 2.55. The molecule has 106 valence electrons. The smallest absolute Gasteiger partial charge is 0.119 e. The van der Waals surface area contributed by atoms with E-state index in [0.29, 0.717) is 6.61 Å². The lowest BCUT2D eigenvalue weighted by molar-refractivity contribution is 0.313. The fourth-order valence-corrected chi connectivity index (χ4v) is 2.23. The van der Waals surface area contributed by atoms with Crippen LogP contribution in [-0.2, 0) is 6.54 Å². The fraction of sp³-hybridized carbons (Fsp3) is 0.167.